The van der Waals surface area contributed by atoms with E-state index in [-0.39, 0.29) is 16.9 Å². The van der Waals surface area contributed by atoms with E-state index in [4.69, 9.17) is 15.1 Å². The van der Waals surface area contributed by atoms with Gasteiger partial charge in [-0.25, -0.2) is 9.18 Å². The molecule has 0 saturated carbocycles. The number of ether oxygens (including phenoxy) is 1. The van der Waals surface area contributed by atoms with Crippen LogP contribution in [-0.4, -0.2) is 11.1 Å². The summed E-state index contributed by atoms with van der Waals surface area (Å²) in [7, 11) is 0. The van der Waals surface area contributed by atoms with Gasteiger partial charge in [-0.15, -0.1) is 0 Å². The molecule has 4 nitrogen and oxygen atoms in total. The lowest BCUT2D eigenvalue weighted by Gasteiger charge is -2.09. The molecule has 0 aliphatic carbocycles. The molecule has 1 N–H and O–H groups in total. The van der Waals surface area contributed by atoms with Gasteiger partial charge in [0.2, 0.25) is 0 Å². The van der Waals surface area contributed by atoms with Gasteiger partial charge in [0.25, 0.3) is 0 Å². The zero-order valence-corrected chi connectivity index (χ0v) is 10.6. The maximum Gasteiger partial charge on any atom is 0.335 e. The Labute approximate surface area is 114 Å². The van der Waals surface area contributed by atoms with Gasteiger partial charge in [0.05, 0.1) is 11.1 Å². The number of hydrogen-bond donors (Lipinski definition) is 1. The molecule has 0 aliphatic heterocycles. The molecule has 5 heteroatoms. The van der Waals surface area contributed by atoms with E-state index in [2.05, 4.69) is 0 Å². The lowest BCUT2D eigenvalue weighted by Crippen LogP contribution is -1.97. The molecule has 0 bridgehead atoms. The molecule has 0 aromatic heterocycles. The highest BCUT2D eigenvalue weighted by Gasteiger charge is 2.09. The lowest BCUT2D eigenvalue weighted by molar-refractivity contribution is 0.0697. The number of carboxylic acid groups (broad SMARTS) is 1. The number of nitrogens with zero attached hydrogens (tertiary/aromatic N) is 1. The van der Waals surface area contributed by atoms with Crippen molar-refractivity contribution in [3.05, 3.63) is 58.9 Å². The second kappa shape index (κ2) is 5.41. The average molecular weight is 271 g/mol. The summed E-state index contributed by atoms with van der Waals surface area (Å²) in [4.78, 5) is 10.8. The topological polar surface area (TPSA) is 70.3 Å². The second-order valence-electron chi connectivity index (χ2n) is 4.14. The number of carbonyl (C=O) groups is 1. The number of benzene rings is 2. The quantitative estimate of drug-likeness (QED) is 0.927. The van der Waals surface area contributed by atoms with E-state index in [1.807, 2.05) is 0 Å². The Morgan fingerprint density at radius 3 is 2.60 bits per heavy atom. The number of aryl methyl sites for hydroxylation is 1. The highest BCUT2D eigenvalue weighted by Crippen LogP contribution is 2.27. The number of halogens is 1. The molecule has 20 heavy (non-hydrogen) atoms. The molecule has 0 saturated heterocycles. The summed E-state index contributed by atoms with van der Waals surface area (Å²) >= 11 is 0. The lowest BCUT2D eigenvalue weighted by atomic mass is 10.1. The fourth-order valence-corrected chi connectivity index (χ4v) is 1.67. The molecular weight excluding hydrogens is 261 g/mol. The Hall–Kier alpha value is -2.87. The van der Waals surface area contributed by atoms with Crippen LogP contribution >= 0.6 is 0 Å². The van der Waals surface area contributed by atoms with Crippen LogP contribution in [0.15, 0.2) is 36.4 Å². The van der Waals surface area contributed by atoms with Crippen molar-refractivity contribution in [2.75, 3.05) is 0 Å². The van der Waals surface area contributed by atoms with Crippen molar-refractivity contribution in [2.45, 2.75) is 6.92 Å². The van der Waals surface area contributed by atoms with Crippen molar-refractivity contribution >= 4 is 5.97 Å². The van der Waals surface area contributed by atoms with Crippen molar-refractivity contribution < 1.29 is 19.0 Å². The van der Waals surface area contributed by atoms with Gasteiger partial charge in [-0.05, 0) is 42.8 Å². The van der Waals surface area contributed by atoms with Crippen molar-refractivity contribution in [2.24, 2.45) is 0 Å². The fourth-order valence-electron chi connectivity index (χ4n) is 1.67. The van der Waals surface area contributed by atoms with Crippen LogP contribution in [0, 0.1) is 24.1 Å². The number of hydrogen-bond acceptors (Lipinski definition) is 3. The molecule has 2 aromatic rings. The van der Waals surface area contributed by atoms with Gasteiger partial charge in [0, 0.05) is 6.07 Å². The van der Waals surface area contributed by atoms with E-state index in [9.17, 15) is 9.18 Å². The molecule has 0 unspecified atom stereocenters. The highest BCUT2D eigenvalue weighted by molar-refractivity contribution is 5.88. The molecule has 100 valence electrons. The van der Waals surface area contributed by atoms with Crippen LogP contribution in [0.1, 0.15) is 21.5 Å². The Morgan fingerprint density at radius 2 is 2.05 bits per heavy atom. The van der Waals surface area contributed by atoms with Gasteiger partial charge in [-0.1, -0.05) is 0 Å². The van der Waals surface area contributed by atoms with Crippen molar-refractivity contribution in [1.82, 2.24) is 0 Å². The van der Waals surface area contributed by atoms with Crippen molar-refractivity contribution in [1.29, 1.82) is 5.26 Å². The SMILES string of the molecule is Cc1cc(C(=O)O)ccc1Oc1ccc(C#N)c(F)c1. The Morgan fingerprint density at radius 1 is 1.30 bits per heavy atom. The summed E-state index contributed by atoms with van der Waals surface area (Å²) in [6, 6.07) is 10.0. The molecule has 0 aliphatic rings. The Bertz CT molecular complexity index is 720. The van der Waals surface area contributed by atoms with E-state index in [1.54, 1.807) is 13.0 Å². The molecule has 0 atom stereocenters. The van der Waals surface area contributed by atoms with Crippen LogP contribution in [0.25, 0.3) is 0 Å². The minimum absolute atomic E-state index is 0.0599. The normalized spacial score (nSPS) is 9.85. The first-order chi connectivity index (χ1) is 9.51. The van der Waals surface area contributed by atoms with E-state index >= 15 is 0 Å². The van der Waals surface area contributed by atoms with E-state index in [1.165, 1.54) is 30.3 Å². The minimum atomic E-state index is -1.02. The third-order valence-electron chi connectivity index (χ3n) is 2.71. The molecule has 2 aromatic carbocycles. The first-order valence-electron chi connectivity index (χ1n) is 5.72. The number of rotatable bonds is 3. The number of nitriles is 1. The maximum atomic E-state index is 13.4. The first-order valence-corrected chi connectivity index (χ1v) is 5.72. The van der Waals surface area contributed by atoms with Crippen LogP contribution in [0.3, 0.4) is 0 Å². The number of aromatic carboxylic acids is 1. The van der Waals surface area contributed by atoms with Crippen LogP contribution in [0.2, 0.25) is 0 Å². The van der Waals surface area contributed by atoms with Gasteiger partial charge in [-0.2, -0.15) is 5.26 Å². The number of carboxylic acids is 1. The monoisotopic (exact) mass is 271 g/mol. The highest BCUT2D eigenvalue weighted by atomic mass is 19.1. The largest absolute Gasteiger partial charge is 0.478 e. The van der Waals surface area contributed by atoms with Gasteiger partial charge in [0.15, 0.2) is 0 Å². The molecule has 2 rings (SSSR count). The molecule has 0 spiro atoms. The summed E-state index contributed by atoms with van der Waals surface area (Å²) in [5.41, 5.74) is 0.714. The predicted molar refractivity (Wildman–Crippen MR) is 69.3 cm³/mol. The fraction of sp³-hybridized carbons (Fsp3) is 0.0667. The summed E-state index contributed by atoms with van der Waals surface area (Å²) in [6.07, 6.45) is 0. The molecule has 0 amide bonds. The first kappa shape index (κ1) is 13.6. The van der Waals surface area contributed by atoms with Crippen LogP contribution in [-0.2, 0) is 0 Å². The van der Waals surface area contributed by atoms with Gasteiger partial charge < -0.3 is 9.84 Å². The summed E-state index contributed by atoms with van der Waals surface area (Å²) < 4.78 is 18.9. The van der Waals surface area contributed by atoms with E-state index < -0.39 is 11.8 Å². The zero-order chi connectivity index (χ0) is 14.7. The van der Waals surface area contributed by atoms with Crippen molar-refractivity contribution in [3.8, 4) is 17.6 Å². The zero-order valence-electron chi connectivity index (χ0n) is 10.6. The molecule has 0 fully saturated rings. The third kappa shape index (κ3) is 2.75. The van der Waals surface area contributed by atoms with Crippen molar-refractivity contribution in [3.63, 3.8) is 0 Å². The summed E-state index contributed by atoms with van der Waals surface area (Å²) in [6.45, 7) is 1.70. The standard InChI is InChI=1S/C15H10FNO3/c1-9-6-10(15(18)19)3-5-14(9)20-12-4-2-11(8-17)13(16)7-12/h2-7H,1H3,(H,18,19). The average Bonchev–Trinajstić information content (AvgIpc) is 2.41. The van der Waals surface area contributed by atoms with Crippen LogP contribution < -0.4 is 4.74 Å². The Kier molecular flexibility index (Phi) is 3.67. The summed E-state index contributed by atoms with van der Waals surface area (Å²) in [5.74, 6) is -1.01. The van der Waals surface area contributed by atoms with Crippen LogP contribution in [0.4, 0.5) is 4.39 Å². The predicted octanol–water partition coefficient (Wildman–Crippen LogP) is 3.50. The van der Waals surface area contributed by atoms with E-state index in [0.29, 0.717) is 11.3 Å². The Balaban J connectivity index is 2.29. The minimum Gasteiger partial charge on any atom is -0.478 e. The molecule has 0 heterocycles. The second-order valence-corrected chi connectivity index (χ2v) is 4.14. The van der Waals surface area contributed by atoms with Gasteiger partial charge >= 0.3 is 5.97 Å². The summed E-state index contributed by atoms with van der Waals surface area (Å²) in [5, 5.41) is 17.5. The van der Waals surface area contributed by atoms with Gasteiger partial charge in [-0.3, -0.25) is 0 Å². The molecule has 0 radical (unpaired) electrons. The molecular formula is C15H10FNO3. The smallest absolute Gasteiger partial charge is 0.335 e. The van der Waals surface area contributed by atoms with Gasteiger partial charge in [0.1, 0.15) is 23.4 Å². The van der Waals surface area contributed by atoms with E-state index in [0.717, 1.165) is 6.07 Å². The third-order valence-corrected chi connectivity index (χ3v) is 2.71. The van der Waals surface area contributed by atoms with Crippen LogP contribution in [0.5, 0.6) is 11.5 Å². The maximum absolute atomic E-state index is 13.4.